The first-order valence-electron chi connectivity index (χ1n) is 6.89. The Morgan fingerprint density at radius 3 is 2.18 bits per heavy atom. The Bertz CT molecular complexity index is 562. The summed E-state index contributed by atoms with van der Waals surface area (Å²) in [5, 5.41) is 11.6. The van der Waals surface area contributed by atoms with Crippen LogP contribution >= 0.6 is 0 Å². The minimum atomic E-state index is -4.48. The van der Waals surface area contributed by atoms with E-state index in [2.05, 4.69) is 5.32 Å². The number of carboxylic acid groups (broad SMARTS) is 1. The number of amides is 1. The van der Waals surface area contributed by atoms with Gasteiger partial charge in [0.1, 0.15) is 0 Å². The van der Waals surface area contributed by atoms with Crippen LogP contribution in [0, 0.1) is 11.8 Å². The van der Waals surface area contributed by atoms with Crippen LogP contribution in [0.3, 0.4) is 0 Å². The molecule has 1 atom stereocenters. The number of halogens is 3. The lowest BCUT2D eigenvalue weighted by Crippen LogP contribution is -2.42. The van der Waals surface area contributed by atoms with E-state index in [1.165, 1.54) is 0 Å². The lowest BCUT2D eigenvalue weighted by molar-refractivity contribution is -0.143. The van der Waals surface area contributed by atoms with Crippen LogP contribution in [-0.2, 0) is 15.8 Å². The first-order chi connectivity index (χ1) is 10.2. The van der Waals surface area contributed by atoms with Crippen LogP contribution in [0.15, 0.2) is 24.3 Å². The largest absolute Gasteiger partial charge is 0.479 e. The van der Waals surface area contributed by atoms with Gasteiger partial charge in [0.2, 0.25) is 5.91 Å². The Morgan fingerprint density at radius 1 is 1.23 bits per heavy atom. The fourth-order valence-corrected chi connectivity index (χ4v) is 2.53. The van der Waals surface area contributed by atoms with E-state index < -0.39 is 23.8 Å². The Kier molecular flexibility index (Phi) is 4.44. The molecule has 0 heterocycles. The average molecular weight is 315 g/mol. The van der Waals surface area contributed by atoms with Crippen LogP contribution in [0.2, 0.25) is 0 Å². The van der Waals surface area contributed by atoms with Crippen LogP contribution in [0.5, 0.6) is 0 Å². The Hall–Kier alpha value is -2.05. The topological polar surface area (TPSA) is 66.4 Å². The number of carbonyl (C=O) groups is 2. The Labute approximate surface area is 125 Å². The molecule has 1 aliphatic carbocycles. The summed E-state index contributed by atoms with van der Waals surface area (Å²) in [5.41, 5.74) is -0.749. The van der Waals surface area contributed by atoms with E-state index in [0.29, 0.717) is 18.8 Å². The van der Waals surface area contributed by atoms with Crippen LogP contribution in [0.25, 0.3) is 0 Å². The first kappa shape index (κ1) is 16.3. The molecule has 0 unspecified atom stereocenters. The second-order valence-electron chi connectivity index (χ2n) is 5.67. The highest BCUT2D eigenvalue weighted by Crippen LogP contribution is 2.34. The normalized spacial score (nSPS) is 22.5. The van der Waals surface area contributed by atoms with E-state index in [1.54, 1.807) is 0 Å². The number of rotatable bonds is 4. The molecular weight excluding hydrogens is 299 g/mol. The maximum atomic E-state index is 12.5. The molecule has 0 aromatic heterocycles. The fourth-order valence-electron chi connectivity index (χ4n) is 2.53. The number of hydrogen-bond acceptors (Lipinski definition) is 2. The van der Waals surface area contributed by atoms with Gasteiger partial charge in [0.15, 0.2) is 6.04 Å². The highest BCUT2D eigenvalue weighted by molar-refractivity contribution is 5.86. The van der Waals surface area contributed by atoms with Gasteiger partial charge in [0, 0.05) is 5.92 Å². The van der Waals surface area contributed by atoms with Crippen molar-refractivity contribution in [2.45, 2.75) is 32.0 Å². The molecule has 2 rings (SSSR count). The van der Waals surface area contributed by atoms with E-state index in [0.717, 1.165) is 24.3 Å². The molecular formula is C15H16F3NO3. The van der Waals surface area contributed by atoms with E-state index in [4.69, 9.17) is 0 Å². The Balaban J connectivity index is 2.11. The SMILES string of the molecule is CC1CC(C(=O)N[C@H](C(=O)O)c2ccc(C(F)(F)F)cc2)C1. The van der Waals surface area contributed by atoms with E-state index in [1.807, 2.05) is 6.92 Å². The van der Waals surface area contributed by atoms with Crippen molar-refractivity contribution in [2.24, 2.45) is 11.8 Å². The van der Waals surface area contributed by atoms with Gasteiger partial charge >= 0.3 is 12.1 Å². The molecule has 1 aromatic rings. The zero-order valence-electron chi connectivity index (χ0n) is 11.9. The summed E-state index contributed by atoms with van der Waals surface area (Å²) in [6.07, 6.45) is -3.08. The average Bonchev–Trinajstić information content (AvgIpc) is 2.40. The van der Waals surface area contributed by atoms with Gasteiger partial charge in [-0.1, -0.05) is 19.1 Å². The van der Waals surface area contributed by atoms with Crippen molar-refractivity contribution in [3.63, 3.8) is 0 Å². The van der Waals surface area contributed by atoms with Crippen LogP contribution in [0.4, 0.5) is 13.2 Å². The molecule has 0 aliphatic heterocycles. The highest BCUT2D eigenvalue weighted by Gasteiger charge is 2.35. The van der Waals surface area contributed by atoms with Crippen molar-refractivity contribution in [1.82, 2.24) is 5.32 Å². The summed E-state index contributed by atoms with van der Waals surface area (Å²) in [7, 11) is 0. The lowest BCUT2D eigenvalue weighted by Gasteiger charge is -2.32. The van der Waals surface area contributed by atoms with Gasteiger partial charge in [-0.25, -0.2) is 4.79 Å². The van der Waals surface area contributed by atoms with Gasteiger partial charge in [-0.3, -0.25) is 4.79 Å². The van der Waals surface area contributed by atoms with Crippen LogP contribution in [-0.4, -0.2) is 17.0 Å². The molecule has 1 aromatic carbocycles. The monoisotopic (exact) mass is 315 g/mol. The van der Waals surface area contributed by atoms with E-state index >= 15 is 0 Å². The van der Waals surface area contributed by atoms with Crippen molar-refractivity contribution in [3.8, 4) is 0 Å². The van der Waals surface area contributed by atoms with Gasteiger partial charge in [-0.15, -0.1) is 0 Å². The third-order valence-corrected chi connectivity index (χ3v) is 3.85. The molecule has 0 bridgehead atoms. The third-order valence-electron chi connectivity index (χ3n) is 3.85. The summed E-state index contributed by atoms with van der Waals surface area (Å²) in [6.45, 7) is 1.99. The second kappa shape index (κ2) is 5.98. The number of nitrogens with one attached hydrogen (secondary N) is 1. The lowest BCUT2D eigenvalue weighted by atomic mass is 9.75. The van der Waals surface area contributed by atoms with Crippen molar-refractivity contribution in [2.75, 3.05) is 0 Å². The molecule has 1 saturated carbocycles. The maximum absolute atomic E-state index is 12.5. The number of alkyl halides is 3. The number of carboxylic acids is 1. The molecule has 120 valence electrons. The van der Waals surface area contributed by atoms with E-state index in [-0.39, 0.29) is 17.4 Å². The summed E-state index contributed by atoms with van der Waals surface area (Å²) in [4.78, 5) is 23.2. The number of carbonyl (C=O) groups excluding carboxylic acids is 1. The number of benzene rings is 1. The van der Waals surface area contributed by atoms with E-state index in [9.17, 15) is 27.9 Å². The molecule has 0 radical (unpaired) electrons. The summed E-state index contributed by atoms with van der Waals surface area (Å²) in [5.74, 6) is -1.46. The zero-order chi connectivity index (χ0) is 16.5. The van der Waals surface area contributed by atoms with Crippen molar-refractivity contribution >= 4 is 11.9 Å². The van der Waals surface area contributed by atoms with Crippen molar-refractivity contribution in [3.05, 3.63) is 35.4 Å². The van der Waals surface area contributed by atoms with Crippen LogP contribution < -0.4 is 5.32 Å². The molecule has 22 heavy (non-hydrogen) atoms. The molecule has 1 aliphatic rings. The van der Waals surface area contributed by atoms with Gasteiger partial charge in [-0.05, 0) is 36.5 Å². The van der Waals surface area contributed by atoms with Gasteiger partial charge in [0.25, 0.3) is 0 Å². The minimum Gasteiger partial charge on any atom is -0.479 e. The number of hydrogen-bond donors (Lipinski definition) is 2. The molecule has 1 fully saturated rings. The summed E-state index contributed by atoms with van der Waals surface area (Å²) < 4.78 is 37.5. The zero-order valence-corrected chi connectivity index (χ0v) is 11.9. The summed E-state index contributed by atoms with van der Waals surface area (Å²) in [6, 6.07) is 2.42. The van der Waals surface area contributed by atoms with Crippen LogP contribution in [0.1, 0.15) is 36.9 Å². The minimum absolute atomic E-state index is 0.112. The quantitative estimate of drug-likeness (QED) is 0.897. The highest BCUT2D eigenvalue weighted by atomic mass is 19.4. The van der Waals surface area contributed by atoms with Gasteiger partial charge in [0.05, 0.1) is 5.56 Å². The molecule has 0 spiro atoms. The molecule has 2 N–H and O–H groups in total. The standard InChI is InChI=1S/C15H16F3NO3/c1-8-6-10(7-8)13(20)19-12(14(21)22)9-2-4-11(5-3-9)15(16,17)18/h2-5,8,10,12H,6-7H2,1H3,(H,19,20)(H,21,22)/t8?,10?,12-/m0/s1. The maximum Gasteiger partial charge on any atom is 0.416 e. The first-order valence-corrected chi connectivity index (χ1v) is 6.89. The second-order valence-corrected chi connectivity index (χ2v) is 5.67. The van der Waals surface area contributed by atoms with Crippen molar-refractivity contribution < 1.29 is 27.9 Å². The molecule has 1 amide bonds. The predicted octanol–water partition coefficient (Wildman–Crippen LogP) is 2.99. The Morgan fingerprint density at radius 2 is 1.77 bits per heavy atom. The molecule has 4 nitrogen and oxygen atoms in total. The molecule has 7 heteroatoms. The molecule has 0 saturated heterocycles. The third kappa shape index (κ3) is 3.58. The fraction of sp³-hybridized carbons (Fsp3) is 0.467. The van der Waals surface area contributed by atoms with Crippen molar-refractivity contribution in [1.29, 1.82) is 0 Å². The predicted molar refractivity (Wildman–Crippen MR) is 71.9 cm³/mol. The summed E-state index contributed by atoms with van der Waals surface area (Å²) >= 11 is 0. The number of aliphatic carboxylic acids is 1. The van der Waals surface area contributed by atoms with Gasteiger partial charge in [-0.2, -0.15) is 13.2 Å². The smallest absolute Gasteiger partial charge is 0.416 e. The van der Waals surface area contributed by atoms with Gasteiger partial charge < -0.3 is 10.4 Å².